The smallest absolute Gasteiger partial charge is 0.417 e. The van der Waals surface area contributed by atoms with Gasteiger partial charge in [0.05, 0.1) is 51.5 Å². The van der Waals surface area contributed by atoms with E-state index in [2.05, 4.69) is 10.4 Å². The predicted molar refractivity (Wildman–Crippen MR) is 197 cm³/mol. The highest BCUT2D eigenvalue weighted by Gasteiger charge is 2.71. The van der Waals surface area contributed by atoms with Gasteiger partial charge in [-0.3, -0.25) is 39.6 Å². The van der Waals surface area contributed by atoms with E-state index in [1.807, 2.05) is 0 Å². The number of hydrazine groups is 1. The van der Waals surface area contributed by atoms with Crippen LogP contribution in [-0.4, -0.2) is 50.8 Å². The van der Waals surface area contributed by atoms with Gasteiger partial charge < -0.3 is 9.84 Å². The molecule has 2 saturated heterocycles. The number of methoxy groups -OCH3 is 1. The molecule has 57 heavy (non-hydrogen) atoms. The molecule has 3 aromatic carbocycles. The number of rotatable bonds is 7. The summed E-state index contributed by atoms with van der Waals surface area (Å²) in [6.45, 7) is 0. The Morgan fingerprint density at radius 1 is 0.965 bits per heavy atom. The van der Waals surface area contributed by atoms with Crippen molar-refractivity contribution < 1.29 is 47.1 Å². The molecule has 3 fully saturated rings. The molecular formula is C39H28Cl2F3N5O8. The number of alkyl halides is 3. The number of nitro benzene ring substituents is 1. The second-order valence-electron chi connectivity index (χ2n) is 14.1. The number of nitrogens with one attached hydrogen (secondary N) is 1. The Morgan fingerprint density at radius 3 is 2.30 bits per heavy atom. The molecule has 4 amide bonds. The van der Waals surface area contributed by atoms with Gasteiger partial charge in [0, 0.05) is 34.8 Å². The normalized spacial score (nSPS) is 25.5. The zero-order chi connectivity index (χ0) is 40.7. The van der Waals surface area contributed by atoms with Crippen LogP contribution in [0.15, 0.2) is 90.6 Å². The van der Waals surface area contributed by atoms with E-state index in [0.29, 0.717) is 33.4 Å². The van der Waals surface area contributed by atoms with E-state index < -0.39 is 86.1 Å². The maximum absolute atomic E-state index is 15.3. The van der Waals surface area contributed by atoms with Crippen molar-refractivity contribution in [3.63, 3.8) is 0 Å². The lowest BCUT2D eigenvalue weighted by Crippen LogP contribution is -2.53. The molecule has 3 heterocycles. The van der Waals surface area contributed by atoms with Crippen LogP contribution in [0.2, 0.25) is 10.0 Å². The first kappa shape index (κ1) is 37.9. The average molecular weight is 823 g/mol. The Hall–Kier alpha value is -6.00. The number of nitro groups is 1. The van der Waals surface area contributed by atoms with Crippen LogP contribution in [-0.2, 0) is 30.8 Å². The Kier molecular flexibility index (Phi) is 9.03. The van der Waals surface area contributed by atoms with E-state index in [0.717, 1.165) is 4.90 Å². The van der Waals surface area contributed by atoms with E-state index in [4.69, 9.17) is 27.9 Å². The first-order chi connectivity index (χ1) is 27.1. The second kappa shape index (κ2) is 13.6. The van der Waals surface area contributed by atoms with E-state index in [1.54, 1.807) is 18.2 Å². The van der Waals surface area contributed by atoms with Crippen LogP contribution in [0.5, 0.6) is 11.5 Å². The van der Waals surface area contributed by atoms with Gasteiger partial charge in [0.25, 0.3) is 17.5 Å². The lowest BCUT2D eigenvalue weighted by molar-refractivity contribution is -0.384. The molecule has 2 aliphatic heterocycles. The summed E-state index contributed by atoms with van der Waals surface area (Å²) >= 11 is 12.5. The van der Waals surface area contributed by atoms with Gasteiger partial charge in [-0.05, 0) is 72.9 Å². The fraction of sp³-hybridized carbons (Fsp3) is 0.256. The third-order valence-corrected chi connectivity index (χ3v) is 12.0. The molecular weight excluding hydrogens is 794 g/mol. The van der Waals surface area contributed by atoms with Gasteiger partial charge >= 0.3 is 6.18 Å². The number of hydrogen-bond donors (Lipinski definition) is 2. The van der Waals surface area contributed by atoms with Crippen molar-refractivity contribution in [3.8, 4) is 11.5 Å². The number of anilines is 2. The average Bonchev–Trinajstić information content (AvgIpc) is 3.56. The summed E-state index contributed by atoms with van der Waals surface area (Å²) < 4.78 is 46.0. The number of allylic oxidation sites excluding steroid dienone is 2. The van der Waals surface area contributed by atoms with E-state index in [-0.39, 0.29) is 41.3 Å². The van der Waals surface area contributed by atoms with Crippen molar-refractivity contribution >= 4 is 64.0 Å². The fourth-order valence-electron chi connectivity index (χ4n) is 9.00. The number of hydrogen-bond acceptors (Lipinski definition) is 10. The van der Waals surface area contributed by atoms with E-state index in [1.165, 1.54) is 61.7 Å². The van der Waals surface area contributed by atoms with Gasteiger partial charge in [-0.2, -0.15) is 18.2 Å². The number of phenolic OH excluding ortho intramolecular Hbond substituents is 1. The highest BCUT2D eigenvalue weighted by Crippen LogP contribution is 2.65. The number of pyridine rings is 1. The quantitative estimate of drug-likeness (QED) is 0.0839. The summed E-state index contributed by atoms with van der Waals surface area (Å²) in [5.41, 5.74) is 0.289. The molecule has 13 nitrogen and oxygen atoms in total. The first-order valence-electron chi connectivity index (χ1n) is 17.4. The number of aromatic hydroxyl groups is 1. The molecule has 8 rings (SSSR count). The Labute approximate surface area is 330 Å². The van der Waals surface area contributed by atoms with Crippen molar-refractivity contribution in [3.05, 3.63) is 127 Å². The minimum Gasteiger partial charge on any atom is -0.508 e. The highest BCUT2D eigenvalue weighted by molar-refractivity contribution is 6.33. The SMILES string of the molecule is COc1ccc(O)c([C@H]2C3=CC[C@@H]4C(=O)N(c5ccc([N+](=O)[O-])cc5)C(=O)[C@@H]4[C@@H]3C[C@H]3C(=O)N(Nc4ncc(C(F)(F)F)cc4Cl)C(=O)[C@@]23c2ccc(Cl)cc2)c1. The van der Waals surface area contributed by atoms with Crippen LogP contribution in [0.3, 0.4) is 0 Å². The minimum atomic E-state index is -4.79. The van der Waals surface area contributed by atoms with Crippen LogP contribution in [0.1, 0.15) is 35.4 Å². The van der Waals surface area contributed by atoms with Gasteiger partial charge in [-0.1, -0.05) is 47.0 Å². The third-order valence-electron chi connectivity index (χ3n) is 11.4. The molecule has 1 aromatic heterocycles. The summed E-state index contributed by atoms with van der Waals surface area (Å²) in [5.74, 6) is -8.64. The largest absolute Gasteiger partial charge is 0.508 e. The number of non-ortho nitro benzene ring substituents is 1. The summed E-state index contributed by atoms with van der Waals surface area (Å²) in [6, 6.07) is 16.1. The number of phenols is 1. The van der Waals surface area contributed by atoms with Gasteiger partial charge in [0.1, 0.15) is 11.5 Å². The van der Waals surface area contributed by atoms with Gasteiger partial charge in [-0.25, -0.2) is 4.98 Å². The van der Waals surface area contributed by atoms with Crippen LogP contribution in [0.25, 0.3) is 0 Å². The molecule has 292 valence electrons. The van der Waals surface area contributed by atoms with Crippen LogP contribution < -0.4 is 15.1 Å². The molecule has 4 aromatic rings. The molecule has 0 bridgehead atoms. The van der Waals surface area contributed by atoms with E-state index in [9.17, 15) is 42.8 Å². The Morgan fingerprint density at radius 2 is 1.67 bits per heavy atom. The number of amides is 4. The second-order valence-corrected chi connectivity index (χ2v) is 15.0. The predicted octanol–water partition coefficient (Wildman–Crippen LogP) is 7.22. The standard InChI is InChI=1S/C39H28Cl2F3N5O8/c1-57-23-10-13-30(50)27(15-23)32-24-11-12-25-31(36(53)47(34(25)51)21-6-8-22(9-7-21)49(55)56)26(24)16-28-35(52)48(37(54)38(28,32)18-2-4-20(40)5-3-18)46-33-29(41)14-19(17-45-33)39(42,43)44/h2-11,13-15,17,25-26,28,31-32,50H,12,16H2,1H3,(H,45,46)/t25-,26+,28-,31-,32+,38+/m0/s1. The molecule has 2 aliphatic carbocycles. The number of nitrogens with zero attached hydrogens (tertiary/aromatic N) is 4. The lowest BCUT2D eigenvalue weighted by Gasteiger charge is -2.50. The van der Waals surface area contributed by atoms with Gasteiger partial charge in [-0.15, -0.1) is 0 Å². The maximum atomic E-state index is 15.3. The monoisotopic (exact) mass is 821 g/mol. The zero-order valence-corrected chi connectivity index (χ0v) is 30.9. The maximum Gasteiger partial charge on any atom is 0.417 e. The third kappa shape index (κ3) is 5.79. The lowest BCUT2D eigenvalue weighted by atomic mass is 9.49. The molecule has 2 N–H and O–H groups in total. The van der Waals surface area contributed by atoms with Gasteiger partial charge in [0.2, 0.25) is 11.8 Å². The van der Waals surface area contributed by atoms with Crippen LogP contribution in [0.4, 0.5) is 30.4 Å². The van der Waals surface area contributed by atoms with Crippen molar-refractivity contribution in [1.82, 2.24) is 9.99 Å². The number of halogens is 5. The molecule has 0 radical (unpaired) electrons. The van der Waals surface area contributed by atoms with Crippen LogP contribution >= 0.6 is 23.2 Å². The van der Waals surface area contributed by atoms with Crippen molar-refractivity contribution in [2.75, 3.05) is 17.4 Å². The van der Waals surface area contributed by atoms with E-state index >= 15 is 4.79 Å². The number of aromatic nitrogens is 1. The number of ether oxygens (including phenoxy) is 1. The number of carbonyl (C=O) groups excluding carboxylic acids is 4. The molecule has 4 aliphatic rings. The highest BCUT2D eigenvalue weighted by atomic mass is 35.5. The van der Waals surface area contributed by atoms with Crippen molar-refractivity contribution in [2.45, 2.75) is 30.4 Å². The number of benzene rings is 3. The Bertz CT molecular complexity index is 2430. The van der Waals surface area contributed by atoms with Crippen molar-refractivity contribution in [1.29, 1.82) is 0 Å². The topological polar surface area (TPSA) is 172 Å². The Balaban J connectivity index is 1.31. The fourth-order valence-corrected chi connectivity index (χ4v) is 9.33. The molecule has 1 saturated carbocycles. The van der Waals surface area contributed by atoms with Crippen LogP contribution in [0, 0.1) is 33.8 Å². The number of carbonyl (C=O) groups is 4. The number of fused-ring (bicyclic) bond motifs is 4. The molecule has 6 atom stereocenters. The molecule has 0 spiro atoms. The van der Waals surface area contributed by atoms with Crippen molar-refractivity contribution in [2.24, 2.45) is 23.7 Å². The summed E-state index contributed by atoms with van der Waals surface area (Å²) in [6.07, 6.45) is -2.68. The summed E-state index contributed by atoms with van der Waals surface area (Å²) in [7, 11) is 1.40. The first-order valence-corrected chi connectivity index (χ1v) is 18.2. The van der Waals surface area contributed by atoms with Gasteiger partial charge in [0.15, 0.2) is 5.82 Å². The summed E-state index contributed by atoms with van der Waals surface area (Å²) in [4.78, 5) is 74.1. The minimum absolute atomic E-state index is 0.0301. The molecule has 18 heteroatoms. The zero-order valence-electron chi connectivity index (χ0n) is 29.4. The number of imide groups is 2. The summed E-state index contributed by atoms with van der Waals surface area (Å²) in [5, 5.41) is 23.3. The molecule has 0 unspecified atom stereocenters.